The Morgan fingerprint density at radius 3 is 2.92 bits per heavy atom. The van der Waals surface area contributed by atoms with Crippen LogP contribution < -0.4 is 5.32 Å². The predicted molar refractivity (Wildman–Crippen MR) is 88.6 cm³/mol. The van der Waals surface area contributed by atoms with E-state index in [1.807, 2.05) is 11.8 Å². The van der Waals surface area contributed by atoms with Gasteiger partial charge >= 0.3 is 6.03 Å². The predicted octanol–water partition coefficient (Wildman–Crippen LogP) is 2.83. The van der Waals surface area contributed by atoms with Gasteiger partial charge in [0.2, 0.25) is 0 Å². The minimum absolute atomic E-state index is 0.0598. The molecule has 0 spiro atoms. The first-order valence-corrected chi connectivity index (χ1v) is 9.22. The van der Waals surface area contributed by atoms with Crippen LogP contribution in [-0.4, -0.2) is 46.8 Å². The molecule has 2 heterocycles. The summed E-state index contributed by atoms with van der Waals surface area (Å²) in [4.78, 5) is 18.8. The van der Waals surface area contributed by atoms with Crippen LogP contribution in [0.25, 0.3) is 0 Å². The Labute approximate surface area is 143 Å². The number of rotatable bonds is 5. The molecule has 1 atom stereocenters. The molecule has 0 bridgehead atoms. The monoisotopic (exact) mass is 336 g/mol. The summed E-state index contributed by atoms with van der Waals surface area (Å²) in [6.45, 7) is 4.37. The molecule has 1 aliphatic carbocycles. The van der Waals surface area contributed by atoms with Gasteiger partial charge in [-0.3, -0.25) is 0 Å². The highest BCUT2D eigenvalue weighted by atomic mass is 16.5. The van der Waals surface area contributed by atoms with Crippen molar-refractivity contribution < 1.29 is 14.1 Å². The lowest BCUT2D eigenvalue weighted by atomic mass is 9.95. The summed E-state index contributed by atoms with van der Waals surface area (Å²) in [5.74, 6) is 1.35. The molecule has 3 rings (SSSR count). The van der Waals surface area contributed by atoms with Gasteiger partial charge in [-0.1, -0.05) is 24.4 Å². The maximum absolute atomic E-state index is 12.5. The van der Waals surface area contributed by atoms with Crippen LogP contribution in [0.5, 0.6) is 0 Å². The quantitative estimate of drug-likeness (QED) is 0.894. The Bertz CT molecular complexity index is 528. The lowest BCUT2D eigenvalue weighted by molar-refractivity contribution is 0.109. The highest BCUT2D eigenvalue weighted by Gasteiger charge is 2.29. The number of amides is 2. The molecule has 1 aromatic rings. The van der Waals surface area contributed by atoms with Crippen molar-refractivity contribution >= 4 is 6.03 Å². The third-order valence-corrected chi connectivity index (χ3v) is 4.92. The molecule has 0 radical (unpaired) electrons. The first-order chi connectivity index (χ1) is 11.8. The molecule has 1 saturated carbocycles. The average Bonchev–Trinajstić information content (AvgIpc) is 3.10. The van der Waals surface area contributed by atoms with Crippen molar-refractivity contribution in [2.24, 2.45) is 0 Å². The standard InChI is InChI=1S/C17H28N4O3/c1-2-23-12-15-19-16(20-24-15)13-7-6-10-21(11-13)17(22)18-14-8-4-3-5-9-14/h13-14H,2-12H2,1H3,(H,18,22). The molecule has 2 fully saturated rings. The van der Waals surface area contributed by atoms with Crippen LogP contribution in [0.4, 0.5) is 4.79 Å². The molecular weight excluding hydrogens is 308 g/mol. The van der Waals surface area contributed by atoms with Gasteiger partial charge in [0.1, 0.15) is 6.61 Å². The van der Waals surface area contributed by atoms with E-state index >= 15 is 0 Å². The first-order valence-electron chi connectivity index (χ1n) is 9.22. The van der Waals surface area contributed by atoms with Crippen LogP contribution in [0, 0.1) is 0 Å². The molecule has 1 unspecified atom stereocenters. The van der Waals surface area contributed by atoms with E-state index in [1.54, 1.807) is 0 Å². The molecule has 2 amide bonds. The lowest BCUT2D eigenvalue weighted by Gasteiger charge is -2.33. The van der Waals surface area contributed by atoms with Crippen LogP contribution in [0.2, 0.25) is 0 Å². The fourth-order valence-corrected chi connectivity index (χ4v) is 3.57. The van der Waals surface area contributed by atoms with Crippen molar-refractivity contribution in [3.63, 3.8) is 0 Å². The van der Waals surface area contributed by atoms with Gasteiger partial charge in [-0.25, -0.2) is 4.79 Å². The van der Waals surface area contributed by atoms with Crippen molar-refractivity contribution in [3.8, 4) is 0 Å². The number of urea groups is 1. The molecule has 1 aromatic heterocycles. The summed E-state index contributed by atoms with van der Waals surface area (Å²) in [6.07, 6.45) is 7.90. The maximum Gasteiger partial charge on any atom is 0.317 e. The molecule has 7 heteroatoms. The number of likely N-dealkylation sites (tertiary alicyclic amines) is 1. The fraction of sp³-hybridized carbons (Fsp3) is 0.824. The van der Waals surface area contributed by atoms with Gasteiger partial charge in [-0.15, -0.1) is 0 Å². The lowest BCUT2D eigenvalue weighted by Crippen LogP contribution is -2.48. The highest BCUT2D eigenvalue weighted by molar-refractivity contribution is 5.74. The molecule has 134 valence electrons. The molecule has 24 heavy (non-hydrogen) atoms. The second-order valence-corrected chi connectivity index (χ2v) is 6.75. The summed E-state index contributed by atoms with van der Waals surface area (Å²) in [7, 11) is 0. The molecule has 1 N–H and O–H groups in total. The van der Waals surface area contributed by atoms with Gasteiger partial charge in [0.15, 0.2) is 5.82 Å². The van der Waals surface area contributed by atoms with Gasteiger partial charge in [0, 0.05) is 31.7 Å². The van der Waals surface area contributed by atoms with Crippen LogP contribution in [0.15, 0.2) is 4.52 Å². The maximum atomic E-state index is 12.5. The molecule has 1 saturated heterocycles. The summed E-state index contributed by atoms with van der Waals surface area (Å²) >= 11 is 0. The van der Waals surface area contributed by atoms with Crippen molar-refractivity contribution in [2.75, 3.05) is 19.7 Å². The normalized spacial score (nSPS) is 22.5. The number of hydrogen-bond donors (Lipinski definition) is 1. The van der Waals surface area contributed by atoms with E-state index in [0.29, 0.717) is 37.5 Å². The van der Waals surface area contributed by atoms with E-state index in [0.717, 1.165) is 32.2 Å². The zero-order valence-corrected chi connectivity index (χ0v) is 14.5. The topological polar surface area (TPSA) is 80.5 Å². The van der Waals surface area contributed by atoms with Gasteiger partial charge in [-0.2, -0.15) is 4.98 Å². The average molecular weight is 336 g/mol. The number of aromatic nitrogens is 2. The van der Waals surface area contributed by atoms with Crippen LogP contribution in [0.1, 0.15) is 69.5 Å². The molecule has 2 aliphatic rings. The van der Waals surface area contributed by atoms with E-state index in [2.05, 4.69) is 15.5 Å². The second-order valence-electron chi connectivity index (χ2n) is 6.75. The minimum Gasteiger partial charge on any atom is -0.372 e. The Balaban J connectivity index is 1.53. The zero-order valence-electron chi connectivity index (χ0n) is 14.5. The number of carbonyl (C=O) groups is 1. The number of nitrogens with zero attached hydrogens (tertiary/aromatic N) is 3. The van der Waals surface area contributed by atoms with Gasteiger partial charge in [0.05, 0.1) is 0 Å². The number of piperidine rings is 1. The summed E-state index contributed by atoms with van der Waals surface area (Å²) in [6, 6.07) is 0.402. The largest absolute Gasteiger partial charge is 0.372 e. The summed E-state index contributed by atoms with van der Waals surface area (Å²) < 4.78 is 10.5. The van der Waals surface area contributed by atoms with E-state index in [4.69, 9.17) is 9.26 Å². The highest BCUT2D eigenvalue weighted by Crippen LogP contribution is 2.25. The Kier molecular flexibility index (Phi) is 6.07. The van der Waals surface area contributed by atoms with E-state index in [9.17, 15) is 4.79 Å². The van der Waals surface area contributed by atoms with Crippen LogP contribution in [0.3, 0.4) is 0 Å². The van der Waals surface area contributed by atoms with Crippen LogP contribution in [-0.2, 0) is 11.3 Å². The third-order valence-electron chi connectivity index (χ3n) is 4.92. The molecule has 1 aliphatic heterocycles. The number of nitrogens with one attached hydrogen (secondary N) is 1. The zero-order chi connectivity index (χ0) is 16.8. The number of ether oxygens (including phenoxy) is 1. The number of hydrogen-bond acceptors (Lipinski definition) is 5. The Hall–Kier alpha value is -1.63. The molecule has 0 aromatic carbocycles. The SMILES string of the molecule is CCOCc1nc(C2CCCN(C(=O)NC3CCCCC3)C2)no1. The summed E-state index contributed by atoms with van der Waals surface area (Å²) in [5, 5.41) is 7.27. The summed E-state index contributed by atoms with van der Waals surface area (Å²) in [5.41, 5.74) is 0. The van der Waals surface area contributed by atoms with Gasteiger partial charge in [0.25, 0.3) is 5.89 Å². The number of carbonyl (C=O) groups excluding carboxylic acids is 1. The van der Waals surface area contributed by atoms with E-state index in [1.165, 1.54) is 19.3 Å². The van der Waals surface area contributed by atoms with Crippen LogP contribution >= 0.6 is 0 Å². The smallest absolute Gasteiger partial charge is 0.317 e. The van der Waals surface area contributed by atoms with Gasteiger partial charge < -0.3 is 19.5 Å². The van der Waals surface area contributed by atoms with E-state index in [-0.39, 0.29) is 11.9 Å². The molecule has 7 nitrogen and oxygen atoms in total. The molecular formula is C17H28N4O3. The van der Waals surface area contributed by atoms with Crippen molar-refractivity contribution in [1.82, 2.24) is 20.4 Å². The van der Waals surface area contributed by atoms with Crippen molar-refractivity contribution in [1.29, 1.82) is 0 Å². The second kappa shape index (κ2) is 8.46. The van der Waals surface area contributed by atoms with Gasteiger partial charge in [-0.05, 0) is 32.6 Å². The van der Waals surface area contributed by atoms with E-state index < -0.39 is 0 Å². The Morgan fingerprint density at radius 1 is 1.29 bits per heavy atom. The Morgan fingerprint density at radius 2 is 2.12 bits per heavy atom. The minimum atomic E-state index is 0.0598. The van der Waals surface area contributed by atoms with Crippen molar-refractivity contribution in [2.45, 2.75) is 70.4 Å². The van der Waals surface area contributed by atoms with Crippen molar-refractivity contribution in [3.05, 3.63) is 11.7 Å². The third kappa shape index (κ3) is 4.47. The fourth-order valence-electron chi connectivity index (χ4n) is 3.57. The first kappa shape index (κ1) is 17.2.